The van der Waals surface area contributed by atoms with Crippen molar-refractivity contribution in [2.75, 3.05) is 5.32 Å². The van der Waals surface area contributed by atoms with E-state index < -0.39 is 5.54 Å². The van der Waals surface area contributed by atoms with Gasteiger partial charge in [-0.15, -0.1) is 6.42 Å². The molecular weight excluding hydrogens is 324 g/mol. The molecule has 1 N–H and O–H groups in total. The zero-order chi connectivity index (χ0) is 16.6. The van der Waals surface area contributed by atoms with Crippen LogP contribution in [0, 0.1) is 12.3 Å². The molecule has 1 atom stereocenters. The van der Waals surface area contributed by atoms with Gasteiger partial charge >= 0.3 is 0 Å². The summed E-state index contributed by atoms with van der Waals surface area (Å²) in [5.41, 5.74) is 2.07. The van der Waals surface area contributed by atoms with Crippen molar-refractivity contribution in [3.8, 4) is 12.3 Å². The number of anilines is 1. The highest BCUT2D eigenvalue weighted by Crippen LogP contribution is 2.44. The Balaban J connectivity index is 2.39. The number of thiocarbonyl (C=S) groups is 1. The molecule has 0 amide bonds. The molecule has 1 aliphatic heterocycles. The maximum atomic E-state index is 6.26. The average molecular weight is 341 g/mol. The molecule has 0 radical (unpaired) electrons. The Kier molecular flexibility index (Phi) is 4.06. The zero-order valence-corrected chi connectivity index (χ0v) is 14.6. The van der Waals surface area contributed by atoms with E-state index in [-0.39, 0.29) is 6.04 Å². The van der Waals surface area contributed by atoms with Crippen molar-refractivity contribution in [2.24, 2.45) is 0 Å². The van der Waals surface area contributed by atoms with Gasteiger partial charge in [0.05, 0.1) is 0 Å². The SMILES string of the molecule is C#CC1(c2ccccc2)c2cc(Cl)ccc2NC(=S)N1C(C)C. The summed E-state index contributed by atoms with van der Waals surface area (Å²) in [6.07, 6.45) is 6.10. The van der Waals surface area contributed by atoms with Gasteiger partial charge in [0.1, 0.15) is 0 Å². The summed E-state index contributed by atoms with van der Waals surface area (Å²) in [5, 5.41) is 4.55. The molecule has 4 heteroatoms. The summed E-state index contributed by atoms with van der Waals surface area (Å²) < 4.78 is 0. The monoisotopic (exact) mass is 340 g/mol. The Morgan fingerprint density at radius 1 is 1.22 bits per heavy atom. The second-order valence-corrected chi connectivity index (χ2v) is 6.63. The summed E-state index contributed by atoms with van der Waals surface area (Å²) in [4.78, 5) is 2.07. The van der Waals surface area contributed by atoms with Gasteiger partial charge in [-0.05, 0) is 49.8 Å². The molecule has 23 heavy (non-hydrogen) atoms. The molecule has 1 unspecified atom stereocenters. The van der Waals surface area contributed by atoms with E-state index in [2.05, 4.69) is 30.0 Å². The van der Waals surface area contributed by atoms with E-state index in [9.17, 15) is 0 Å². The highest BCUT2D eigenvalue weighted by atomic mass is 35.5. The topological polar surface area (TPSA) is 15.3 Å². The van der Waals surface area contributed by atoms with E-state index in [0.29, 0.717) is 10.1 Å². The Hall–Kier alpha value is -2.02. The maximum Gasteiger partial charge on any atom is 0.175 e. The van der Waals surface area contributed by atoms with Crippen LogP contribution in [-0.4, -0.2) is 16.1 Å². The third-order valence-corrected chi connectivity index (χ3v) is 4.64. The van der Waals surface area contributed by atoms with Crippen LogP contribution in [0.1, 0.15) is 25.0 Å². The van der Waals surface area contributed by atoms with Crippen molar-refractivity contribution in [1.29, 1.82) is 0 Å². The lowest BCUT2D eigenvalue weighted by Crippen LogP contribution is -2.57. The third kappa shape index (κ3) is 2.39. The van der Waals surface area contributed by atoms with Crippen LogP contribution in [0.15, 0.2) is 48.5 Å². The van der Waals surface area contributed by atoms with Crippen LogP contribution in [0.25, 0.3) is 0 Å². The van der Waals surface area contributed by atoms with Gasteiger partial charge in [0.15, 0.2) is 10.7 Å². The Labute approximate surface area is 147 Å². The number of halogens is 1. The number of nitrogens with zero attached hydrogens (tertiary/aromatic N) is 1. The first-order chi connectivity index (χ1) is 11.0. The van der Waals surface area contributed by atoms with Gasteiger partial charge in [0.2, 0.25) is 0 Å². The molecular formula is C19H17ClN2S. The minimum absolute atomic E-state index is 0.124. The van der Waals surface area contributed by atoms with Crippen molar-refractivity contribution < 1.29 is 0 Å². The lowest BCUT2D eigenvalue weighted by molar-refractivity contribution is 0.237. The normalized spacial score (nSPS) is 20.0. The van der Waals surface area contributed by atoms with Gasteiger partial charge in [0.25, 0.3) is 0 Å². The van der Waals surface area contributed by atoms with Gasteiger partial charge < -0.3 is 10.2 Å². The average Bonchev–Trinajstić information content (AvgIpc) is 2.54. The molecule has 1 heterocycles. The molecule has 0 spiro atoms. The minimum atomic E-state index is -0.780. The van der Waals surface area contributed by atoms with Crippen LogP contribution in [0.3, 0.4) is 0 Å². The molecule has 1 aliphatic rings. The fourth-order valence-corrected chi connectivity index (χ4v) is 3.84. The van der Waals surface area contributed by atoms with Crippen molar-refractivity contribution in [3.63, 3.8) is 0 Å². The predicted octanol–water partition coefficient (Wildman–Crippen LogP) is 4.64. The highest BCUT2D eigenvalue weighted by molar-refractivity contribution is 7.80. The summed E-state index contributed by atoms with van der Waals surface area (Å²) in [6, 6.07) is 15.8. The quantitative estimate of drug-likeness (QED) is 0.633. The third-order valence-electron chi connectivity index (χ3n) is 4.11. The smallest absolute Gasteiger partial charge is 0.175 e. The molecule has 2 aromatic rings. The first-order valence-electron chi connectivity index (χ1n) is 7.44. The van der Waals surface area contributed by atoms with E-state index in [1.807, 2.05) is 48.5 Å². The molecule has 116 valence electrons. The fourth-order valence-electron chi connectivity index (χ4n) is 3.21. The summed E-state index contributed by atoms with van der Waals surface area (Å²) >= 11 is 11.9. The first-order valence-corrected chi connectivity index (χ1v) is 8.23. The molecule has 2 aromatic carbocycles. The Morgan fingerprint density at radius 3 is 2.52 bits per heavy atom. The number of hydrogen-bond donors (Lipinski definition) is 1. The molecule has 0 bridgehead atoms. The second-order valence-electron chi connectivity index (χ2n) is 5.80. The molecule has 0 fully saturated rings. The van der Waals surface area contributed by atoms with Crippen molar-refractivity contribution >= 4 is 34.6 Å². The van der Waals surface area contributed by atoms with Crippen LogP contribution >= 0.6 is 23.8 Å². The van der Waals surface area contributed by atoms with E-state index in [1.165, 1.54) is 0 Å². The van der Waals surface area contributed by atoms with E-state index >= 15 is 0 Å². The minimum Gasteiger partial charge on any atom is -0.332 e. The number of fused-ring (bicyclic) bond motifs is 1. The number of rotatable bonds is 2. The van der Waals surface area contributed by atoms with E-state index in [1.54, 1.807) is 0 Å². The molecule has 0 aliphatic carbocycles. The van der Waals surface area contributed by atoms with Crippen molar-refractivity contribution in [3.05, 3.63) is 64.7 Å². The molecule has 3 rings (SSSR count). The van der Waals surface area contributed by atoms with Gasteiger partial charge in [-0.25, -0.2) is 0 Å². The Bertz CT molecular complexity index is 795. The Morgan fingerprint density at radius 2 is 1.91 bits per heavy atom. The largest absolute Gasteiger partial charge is 0.332 e. The van der Waals surface area contributed by atoms with Gasteiger partial charge in [-0.1, -0.05) is 47.9 Å². The zero-order valence-electron chi connectivity index (χ0n) is 13.0. The standard InChI is InChI=1S/C19H17ClN2S/c1-4-19(14-8-6-5-7-9-14)16-12-15(20)10-11-17(16)21-18(23)22(19)13(2)3/h1,5-13H,2-3H3,(H,21,23). The van der Waals surface area contributed by atoms with Gasteiger partial charge in [-0.3, -0.25) is 0 Å². The molecule has 0 saturated carbocycles. The van der Waals surface area contributed by atoms with Crippen molar-refractivity contribution in [1.82, 2.24) is 4.90 Å². The molecule has 2 nitrogen and oxygen atoms in total. The van der Waals surface area contributed by atoms with E-state index in [0.717, 1.165) is 16.8 Å². The van der Waals surface area contributed by atoms with E-state index in [4.69, 9.17) is 30.2 Å². The van der Waals surface area contributed by atoms with Crippen LogP contribution in [-0.2, 0) is 5.54 Å². The fraction of sp³-hybridized carbons (Fsp3) is 0.211. The van der Waals surface area contributed by atoms with Crippen LogP contribution < -0.4 is 5.32 Å². The number of nitrogens with one attached hydrogen (secondary N) is 1. The van der Waals surface area contributed by atoms with Crippen LogP contribution in [0.2, 0.25) is 5.02 Å². The summed E-state index contributed by atoms with van der Waals surface area (Å²) in [7, 11) is 0. The number of terminal acetylenes is 1. The predicted molar refractivity (Wildman–Crippen MR) is 101 cm³/mol. The lowest BCUT2D eigenvalue weighted by Gasteiger charge is -2.49. The highest BCUT2D eigenvalue weighted by Gasteiger charge is 2.46. The molecule has 0 saturated heterocycles. The second kappa shape index (κ2) is 5.88. The lowest BCUT2D eigenvalue weighted by atomic mass is 9.79. The van der Waals surface area contributed by atoms with Gasteiger partial charge in [0, 0.05) is 22.3 Å². The van der Waals surface area contributed by atoms with Crippen molar-refractivity contribution in [2.45, 2.75) is 25.4 Å². The van der Waals surface area contributed by atoms with Gasteiger partial charge in [-0.2, -0.15) is 0 Å². The number of benzene rings is 2. The van der Waals surface area contributed by atoms with Crippen LogP contribution in [0.4, 0.5) is 5.69 Å². The first kappa shape index (κ1) is 15.9. The summed E-state index contributed by atoms with van der Waals surface area (Å²) in [6.45, 7) is 4.16. The van der Waals surface area contributed by atoms with Crippen LogP contribution in [0.5, 0.6) is 0 Å². The maximum absolute atomic E-state index is 6.26. The number of hydrogen-bond acceptors (Lipinski definition) is 1. The summed E-state index contributed by atoms with van der Waals surface area (Å²) in [5.74, 6) is 3.02. The molecule has 0 aromatic heterocycles.